The van der Waals surface area contributed by atoms with Crippen molar-refractivity contribution in [3.63, 3.8) is 0 Å². The predicted molar refractivity (Wildman–Crippen MR) is 54.0 cm³/mol. The van der Waals surface area contributed by atoms with E-state index >= 15 is 0 Å². The van der Waals surface area contributed by atoms with E-state index in [4.69, 9.17) is 10.3 Å². The minimum Gasteiger partial charge on any atom is -0.369 e. The van der Waals surface area contributed by atoms with Gasteiger partial charge >= 0.3 is 7.60 Å². The lowest BCUT2D eigenvalue weighted by Gasteiger charge is -2.31. The van der Waals surface area contributed by atoms with Crippen molar-refractivity contribution in [3.05, 3.63) is 0 Å². The van der Waals surface area contributed by atoms with Crippen molar-refractivity contribution in [2.24, 2.45) is 5.73 Å². The molecule has 3 N–H and O–H groups in total. The van der Waals surface area contributed by atoms with E-state index in [1.807, 2.05) is 0 Å². The van der Waals surface area contributed by atoms with Gasteiger partial charge in [0.1, 0.15) is 5.16 Å². The number of carbonyl (C=O) groups is 1. The summed E-state index contributed by atoms with van der Waals surface area (Å²) in [5.41, 5.74) is 5.16. The second-order valence-corrected chi connectivity index (χ2v) is 5.20. The van der Waals surface area contributed by atoms with E-state index in [9.17, 15) is 14.3 Å². The van der Waals surface area contributed by atoms with Crippen molar-refractivity contribution in [1.82, 2.24) is 0 Å². The van der Waals surface area contributed by atoms with Crippen molar-refractivity contribution < 1.29 is 18.8 Å². The van der Waals surface area contributed by atoms with Crippen LogP contribution >= 0.6 is 7.60 Å². The van der Waals surface area contributed by atoms with Gasteiger partial charge in [-0.05, 0) is 19.8 Å². The molecule has 0 saturated carbocycles. The molecule has 0 radical (unpaired) electrons. The Kier molecular flexibility index (Phi) is 4.78. The molecule has 0 aromatic rings. The van der Waals surface area contributed by atoms with Gasteiger partial charge in [0.05, 0.1) is 6.61 Å². The monoisotopic (exact) mass is 223 g/mol. The first-order valence-electron chi connectivity index (χ1n) is 4.65. The minimum absolute atomic E-state index is 0.0861. The van der Waals surface area contributed by atoms with E-state index in [0.717, 1.165) is 0 Å². The van der Waals surface area contributed by atoms with Crippen LogP contribution in [0.25, 0.3) is 0 Å². The Morgan fingerprint density at radius 1 is 1.43 bits per heavy atom. The Hall–Kier alpha value is -0.380. The SMILES string of the molecule is CCOP(=O)(O)C(CC)(CC)C(N)=O. The molecular weight excluding hydrogens is 205 g/mol. The number of hydrogen-bond donors (Lipinski definition) is 2. The maximum Gasteiger partial charge on any atom is 0.343 e. The third-order valence-corrected chi connectivity index (χ3v) is 5.02. The van der Waals surface area contributed by atoms with Gasteiger partial charge in [-0.25, -0.2) is 0 Å². The van der Waals surface area contributed by atoms with Crippen LogP contribution in [-0.2, 0) is 13.9 Å². The Morgan fingerprint density at radius 3 is 2.07 bits per heavy atom. The standard InChI is InChI=1S/C8H18NO4P/c1-4-8(5-2,7(9)10)14(11,12)13-6-3/h4-6H2,1-3H3,(H2,9,10)(H,11,12). The van der Waals surface area contributed by atoms with E-state index in [2.05, 4.69) is 0 Å². The zero-order chi connectivity index (χ0) is 11.4. The number of hydrogen-bond acceptors (Lipinski definition) is 3. The number of primary amides is 1. The van der Waals surface area contributed by atoms with Gasteiger partial charge in [0.15, 0.2) is 0 Å². The molecule has 0 bridgehead atoms. The van der Waals surface area contributed by atoms with Gasteiger partial charge in [-0.15, -0.1) is 0 Å². The third-order valence-electron chi connectivity index (χ3n) is 2.47. The van der Waals surface area contributed by atoms with Gasteiger partial charge in [0, 0.05) is 0 Å². The van der Waals surface area contributed by atoms with Gasteiger partial charge in [-0.1, -0.05) is 13.8 Å². The van der Waals surface area contributed by atoms with Gasteiger partial charge < -0.3 is 15.2 Å². The summed E-state index contributed by atoms with van der Waals surface area (Å²) in [7, 11) is -3.96. The van der Waals surface area contributed by atoms with Crippen molar-refractivity contribution in [1.29, 1.82) is 0 Å². The predicted octanol–water partition coefficient (Wildman–Crippen LogP) is 1.25. The summed E-state index contributed by atoms with van der Waals surface area (Å²) in [6, 6.07) is 0. The summed E-state index contributed by atoms with van der Waals surface area (Å²) in [6.45, 7) is 4.98. The summed E-state index contributed by atoms with van der Waals surface area (Å²) in [5.74, 6) is -0.776. The van der Waals surface area contributed by atoms with E-state index in [0.29, 0.717) is 0 Å². The highest BCUT2D eigenvalue weighted by Gasteiger charge is 2.51. The highest BCUT2D eigenvalue weighted by molar-refractivity contribution is 7.55. The molecule has 0 aromatic heterocycles. The number of nitrogens with two attached hydrogens (primary N) is 1. The number of rotatable bonds is 6. The molecule has 0 saturated heterocycles. The molecule has 6 heteroatoms. The van der Waals surface area contributed by atoms with E-state index in [1.54, 1.807) is 20.8 Å². The average Bonchev–Trinajstić information content (AvgIpc) is 2.05. The molecule has 14 heavy (non-hydrogen) atoms. The molecule has 0 aliphatic carbocycles. The molecule has 0 fully saturated rings. The van der Waals surface area contributed by atoms with Crippen LogP contribution in [0.1, 0.15) is 33.6 Å². The van der Waals surface area contributed by atoms with Crippen LogP contribution in [-0.4, -0.2) is 22.6 Å². The van der Waals surface area contributed by atoms with Crippen molar-refractivity contribution in [2.45, 2.75) is 38.8 Å². The Balaban J connectivity index is 5.18. The fourth-order valence-electron chi connectivity index (χ4n) is 1.44. The normalized spacial score (nSPS) is 16.3. The molecule has 1 atom stereocenters. The molecule has 0 spiro atoms. The third kappa shape index (κ3) is 2.16. The first-order valence-corrected chi connectivity index (χ1v) is 6.23. The molecule has 84 valence electrons. The van der Waals surface area contributed by atoms with Crippen molar-refractivity contribution >= 4 is 13.5 Å². The lowest BCUT2D eigenvalue weighted by Crippen LogP contribution is -2.43. The summed E-state index contributed by atoms with van der Waals surface area (Å²) < 4.78 is 16.5. The second kappa shape index (κ2) is 4.91. The maximum atomic E-state index is 11.8. The van der Waals surface area contributed by atoms with Crippen LogP contribution in [0.2, 0.25) is 0 Å². The fraction of sp³-hybridized carbons (Fsp3) is 0.875. The molecule has 0 aromatic carbocycles. The first-order chi connectivity index (χ1) is 6.38. The van der Waals surface area contributed by atoms with E-state index < -0.39 is 18.7 Å². The Labute approximate surface area is 84.2 Å². The Morgan fingerprint density at radius 2 is 1.86 bits per heavy atom. The smallest absolute Gasteiger partial charge is 0.343 e. The van der Waals surface area contributed by atoms with Crippen LogP contribution in [0.3, 0.4) is 0 Å². The van der Waals surface area contributed by atoms with Crippen LogP contribution in [0, 0.1) is 0 Å². The highest BCUT2D eigenvalue weighted by atomic mass is 31.2. The summed E-state index contributed by atoms with van der Waals surface area (Å²) in [6.07, 6.45) is 0.402. The fourth-order valence-corrected chi connectivity index (χ4v) is 3.11. The topological polar surface area (TPSA) is 89.6 Å². The van der Waals surface area contributed by atoms with Crippen LogP contribution in [0.5, 0.6) is 0 Å². The average molecular weight is 223 g/mol. The highest BCUT2D eigenvalue weighted by Crippen LogP contribution is 2.58. The minimum atomic E-state index is -3.96. The van der Waals surface area contributed by atoms with Gasteiger partial charge in [-0.3, -0.25) is 9.36 Å². The first kappa shape index (κ1) is 13.6. The summed E-state index contributed by atoms with van der Waals surface area (Å²) in [5, 5.41) is -1.44. The van der Waals surface area contributed by atoms with Gasteiger partial charge in [-0.2, -0.15) is 0 Å². The van der Waals surface area contributed by atoms with Gasteiger partial charge in [0.2, 0.25) is 5.91 Å². The lowest BCUT2D eigenvalue weighted by atomic mass is 10.0. The van der Waals surface area contributed by atoms with Crippen LogP contribution in [0.15, 0.2) is 0 Å². The van der Waals surface area contributed by atoms with Crippen molar-refractivity contribution in [3.8, 4) is 0 Å². The van der Waals surface area contributed by atoms with E-state index in [-0.39, 0.29) is 19.4 Å². The number of amides is 1. The van der Waals surface area contributed by atoms with Gasteiger partial charge in [0.25, 0.3) is 0 Å². The molecular formula is C8H18NO4P. The quantitative estimate of drug-likeness (QED) is 0.663. The van der Waals surface area contributed by atoms with E-state index in [1.165, 1.54) is 0 Å². The number of carbonyl (C=O) groups excluding carboxylic acids is 1. The zero-order valence-electron chi connectivity index (χ0n) is 8.82. The molecule has 1 amide bonds. The molecule has 0 aliphatic heterocycles. The zero-order valence-corrected chi connectivity index (χ0v) is 9.71. The lowest BCUT2D eigenvalue weighted by molar-refractivity contribution is -0.121. The molecule has 0 heterocycles. The molecule has 5 nitrogen and oxygen atoms in total. The van der Waals surface area contributed by atoms with Crippen molar-refractivity contribution in [2.75, 3.05) is 6.61 Å². The maximum absolute atomic E-state index is 11.8. The molecule has 1 unspecified atom stereocenters. The second-order valence-electron chi connectivity index (χ2n) is 3.04. The summed E-state index contributed by atoms with van der Waals surface area (Å²) >= 11 is 0. The molecule has 0 aliphatic rings. The summed E-state index contributed by atoms with van der Waals surface area (Å²) in [4.78, 5) is 20.8. The largest absolute Gasteiger partial charge is 0.369 e. The van der Waals surface area contributed by atoms with Crippen LogP contribution < -0.4 is 5.73 Å². The van der Waals surface area contributed by atoms with Crippen LogP contribution in [0.4, 0.5) is 0 Å². The Bertz CT molecular complexity index is 250. The molecule has 0 rings (SSSR count).